The van der Waals surface area contributed by atoms with Crippen molar-refractivity contribution in [3.8, 4) is 11.8 Å². The van der Waals surface area contributed by atoms with Crippen LogP contribution < -0.4 is 0 Å². The fourth-order valence-electron chi connectivity index (χ4n) is 1.80. The van der Waals surface area contributed by atoms with Crippen LogP contribution in [0.5, 0.6) is 0 Å². The van der Waals surface area contributed by atoms with E-state index in [-0.39, 0.29) is 5.56 Å². The first-order valence-corrected chi connectivity index (χ1v) is 7.80. The molecule has 0 atom stereocenters. The molecule has 7 nitrogen and oxygen atoms in total. The standard InChI is InChI=1S/C14H12N2O5S/c15-10-13-5-2-6-16(13)12-4-1-3-11(9-12)14(18)21-22(19,20)8-7-17/h1-6,9,17H,7-8H2. The predicted molar refractivity (Wildman–Crippen MR) is 76.8 cm³/mol. The first kappa shape index (κ1) is 15.8. The Bertz CT molecular complexity index is 833. The zero-order chi connectivity index (χ0) is 16.2. The molecule has 0 spiro atoms. The van der Waals surface area contributed by atoms with Crippen LogP contribution in [-0.4, -0.2) is 36.4 Å². The molecule has 0 fully saturated rings. The van der Waals surface area contributed by atoms with Gasteiger partial charge in [-0.05, 0) is 30.3 Å². The highest BCUT2D eigenvalue weighted by Crippen LogP contribution is 2.15. The Morgan fingerprint density at radius 1 is 1.32 bits per heavy atom. The van der Waals surface area contributed by atoms with Crippen LogP contribution in [0.15, 0.2) is 42.6 Å². The summed E-state index contributed by atoms with van der Waals surface area (Å²) in [5.41, 5.74) is 0.922. The van der Waals surface area contributed by atoms with Crippen LogP contribution in [0.3, 0.4) is 0 Å². The van der Waals surface area contributed by atoms with Crippen molar-refractivity contribution in [3.05, 3.63) is 53.9 Å². The van der Waals surface area contributed by atoms with Crippen LogP contribution in [-0.2, 0) is 14.3 Å². The second-order valence-electron chi connectivity index (χ2n) is 4.28. The Balaban J connectivity index is 2.30. The van der Waals surface area contributed by atoms with Gasteiger partial charge in [0.2, 0.25) is 0 Å². The van der Waals surface area contributed by atoms with Crippen molar-refractivity contribution in [2.24, 2.45) is 0 Å². The molecular weight excluding hydrogens is 308 g/mol. The van der Waals surface area contributed by atoms with E-state index in [1.165, 1.54) is 12.1 Å². The molecular formula is C14H12N2O5S. The van der Waals surface area contributed by atoms with E-state index in [2.05, 4.69) is 4.18 Å². The molecule has 0 bridgehead atoms. The van der Waals surface area contributed by atoms with Crippen LogP contribution in [0.1, 0.15) is 16.1 Å². The van der Waals surface area contributed by atoms with Crippen molar-refractivity contribution in [1.82, 2.24) is 4.57 Å². The second kappa shape index (κ2) is 6.43. The Labute approximate surface area is 127 Å². The number of aliphatic hydroxyl groups is 1. The topological polar surface area (TPSA) is 109 Å². The molecule has 2 rings (SSSR count). The summed E-state index contributed by atoms with van der Waals surface area (Å²) < 4.78 is 28.7. The summed E-state index contributed by atoms with van der Waals surface area (Å²) in [6, 6.07) is 11.3. The van der Waals surface area contributed by atoms with Gasteiger partial charge in [0.1, 0.15) is 17.5 Å². The van der Waals surface area contributed by atoms with Crippen LogP contribution in [0.4, 0.5) is 0 Å². The number of aromatic nitrogens is 1. The van der Waals surface area contributed by atoms with Crippen molar-refractivity contribution < 1.29 is 22.5 Å². The lowest BCUT2D eigenvalue weighted by molar-refractivity contribution is 0.0746. The summed E-state index contributed by atoms with van der Waals surface area (Å²) in [6.07, 6.45) is 1.64. The van der Waals surface area contributed by atoms with E-state index >= 15 is 0 Å². The molecule has 114 valence electrons. The Hall–Kier alpha value is -2.63. The maximum atomic E-state index is 11.9. The van der Waals surface area contributed by atoms with Crippen LogP contribution in [0.2, 0.25) is 0 Å². The molecule has 8 heteroatoms. The zero-order valence-electron chi connectivity index (χ0n) is 11.3. The smallest absolute Gasteiger partial charge is 0.353 e. The maximum Gasteiger partial charge on any atom is 0.353 e. The van der Waals surface area contributed by atoms with Crippen LogP contribution in [0, 0.1) is 11.3 Å². The lowest BCUT2D eigenvalue weighted by Gasteiger charge is -2.08. The number of nitrogens with zero attached hydrogens (tertiary/aromatic N) is 2. The van der Waals surface area contributed by atoms with Crippen molar-refractivity contribution in [3.63, 3.8) is 0 Å². The molecule has 1 aromatic carbocycles. The van der Waals surface area contributed by atoms with Crippen LogP contribution >= 0.6 is 0 Å². The van der Waals surface area contributed by atoms with Gasteiger partial charge in [0.25, 0.3) is 0 Å². The summed E-state index contributed by atoms with van der Waals surface area (Å²) in [7, 11) is -4.12. The van der Waals surface area contributed by atoms with E-state index in [1.54, 1.807) is 35.0 Å². The summed E-state index contributed by atoms with van der Waals surface area (Å²) in [6.45, 7) is -0.634. The Morgan fingerprint density at radius 3 is 2.77 bits per heavy atom. The van der Waals surface area contributed by atoms with E-state index in [0.29, 0.717) is 11.4 Å². The fraction of sp³-hybridized carbons (Fsp3) is 0.143. The second-order valence-corrected chi connectivity index (χ2v) is 5.97. The van der Waals surface area contributed by atoms with Gasteiger partial charge in [-0.3, -0.25) is 0 Å². The van der Waals surface area contributed by atoms with Gasteiger partial charge in [0.05, 0.1) is 12.2 Å². The predicted octanol–water partition coefficient (Wildman–Crippen LogP) is 0.828. The third-order valence-corrected chi connectivity index (χ3v) is 3.86. The molecule has 0 aliphatic carbocycles. The number of aliphatic hydroxyl groups excluding tert-OH is 1. The molecule has 0 saturated heterocycles. The number of rotatable bonds is 5. The van der Waals surface area contributed by atoms with Crippen LogP contribution in [0.25, 0.3) is 5.69 Å². The van der Waals surface area contributed by atoms with E-state index in [1.807, 2.05) is 6.07 Å². The highest BCUT2D eigenvalue weighted by molar-refractivity contribution is 7.87. The quantitative estimate of drug-likeness (QED) is 0.817. The van der Waals surface area contributed by atoms with E-state index in [0.717, 1.165) is 0 Å². The highest BCUT2D eigenvalue weighted by atomic mass is 32.2. The lowest BCUT2D eigenvalue weighted by Crippen LogP contribution is -2.18. The fourth-order valence-corrected chi connectivity index (χ4v) is 2.43. The molecule has 0 aliphatic rings. The van der Waals surface area contributed by atoms with Gasteiger partial charge in [-0.25, -0.2) is 4.79 Å². The number of hydrogen-bond acceptors (Lipinski definition) is 6. The molecule has 1 N–H and O–H groups in total. The number of carbonyl (C=O) groups excluding carboxylic acids is 1. The molecule has 2 aromatic rings. The Morgan fingerprint density at radius 2 is 2.09 bits per heavy atom. The average molecular weight is 320 g/mol. The summed E-state index contributed by atoms with van der Waals surface area (Å²) >= 11 is 0. The largest absolute Gasteiger partial charge is 0.395 e. The maximum absolute atomic E-state index is 11.9. The molecule has 0 unspecified atom stereocenters. The third-order valence-electron chi connectivity index (χ3n) is 2.77. The van der Waals surface area contributed by atoms with Gasteiger partial charge in [-0.1, -0.05) is 6.07 Å². The van der Waals surface area contributed by atoms with Crippen molar-refractivity contribution >= 4 is 16.1 Å². The number of nitriles is 1. The number of hydrogen-bond donors (Lipinski definition) is 1. The van der Waals surface area contributed by atoms with Gasteiger partial charge >= 0.3 is 16.1 Å². The van der Waals surface area contributed by atoms with E-state index < -0.39 is 28.4 Å². The van der Waals surface area contributed by atoms with Crippen molar-refractivity contribution in [1.29, 1.82) is 5.26 Å². The van der Waals surface area contributed by atoms with E-state index in [4.69, 9.17) is 10.4 Å². The third kappa shape index (κ3) is 3.52. The Kier molecular flexibility index (Phi) is 4.60. The first-order chi connectivity index (χ1) is 10.5. The average Bonchev–Trinajstić information content (AvgIpc) is 2.95. The molecule has 1 aromatic heterocycles. The first-order valence-electron chi connectivity index (χ1n) is 6.22. The molecule has 0 amide bonds. The van der Waals surface area contributed by atoms with Gasteiger partial charge in [-0.15, -0.1) is 0 Å². The van der Waals surface area contributed by atoms with Crippen molar-refractivity contribution in [2.75, 3.05) is 12.4 Å². The molecule has 1 heterocycles. The summed E-state index contributed by atoms with van der Waals surface area (Å²) in [4.78, 5) is 11.9. The van der Waals surface area contributed by atoms with Crippen molar-refractivity contribution in [2.45, 2.75) is 0 Å². The molecule has 0 aliphatic heterocycles. The minimum atomic E-state index is -4.12. The summed E-state index contributed by atoms with van der Waals surface area (Å²) in [5, 5.41) is 17.6. The normalized spacial score (nSPS) is 10.9. The SMILES string of the molecule is N#Cc1cccn1-c1cccc(C(=O)OS(=O)(=O)CCO)c1. The highest BCUT2D eigenvalue weighted by Gasteiger charge is 2.18. The number of carbonyl (C=O) groups is 1. The van der Waals surface area contributed by atoms with Gasteiger partial charge in [-0.2, -0.15) is 13.7 Å². The zero-order valence-corrected chi connectivity index (χ0v) is 12.2. The minimum Gasteiger partial charge on any atom is -0.395 e. The molecule has 0 radical (unpaired) electrons. The van der Waals surface area contributed by atoms with Gasteiger partial charge in [0.15, 0.2) is 0 Å². The molecule has 0 saturated carbocycles. The lowest BCUT2D eigenvalue weighted by atomic mass is 10.2. The van der Waals surface area contributed by atoms with Gasteiger partial charge in [0, 0.05) is 11.9 Å². The van der Waals surface area contributed by atoms with E-state index in [9.17, 15) is 13.2 Å². The number of benzene rings is 1. The molecule has 22 heavy (non-hydrogen) atoms. The summed E-state index contributed by atoms with van der Waals surface area (Å²) in [5.74, 6) is -1.70. The monoisotopic (exact) mass is 320 g/mol. The van der Waals surface area contributed by atoms with Gasteiger partial charge < -0.3 is 13.9 Å². The minimum absolute atomic E-state index is 0.0246.